The van der Waals surface area contributed by atoms with Crippen molar-refractivity contribution in [1.29, 1.82) is 0 Å². The number of carbonyl (C=O) groups is 2. The Morgan fingerprint density at radius 2 is 2.12 bits per heavy atom. The molecule has 1 amide bonds. The van der Waals surface area contributed by atoms with Gasteiger partial charge in [-0.15, -0.1) is 0 Å². The van der Waals surface area contributed by atoms with Crippen molar-refractivity contribution in [1.82, 2.24) is 14.5 Å². The molecule has 0 aliphatic carbocycles. The quantitative estimate of drug-likeness (QED) is 0.739. The van der Waals surface area contributed by atoms with E-state index in [1.54, 1.807) is 17.0 Å². The average Bonchev–Trinajstić information content (AvgIpc) is 3.17. The van der Waals surface area contributed by atoms with Gasteiger partial charge in [0.05, 0.1) is 48.9 Å². The maximum absolute atomic E-state index is 12.1. The molecule has 3 heterocycles. The predicted octanol–water partition coefficient (Wildman–Crippen LogP) is 0.796. The van der Waals surface area contributed by atoms with Gasteiger partial charge in [0.1, 0.15) is 0 Å². The van der Waals surface area contributed by atoms with E-state index in [2.05, 4.69) is 4.90 Å². The maximum Gasteiger partial charge on any atom is 0.337 e. The minimum absolute atomic E-state index is 0.0168. The monoisotopic (exact) mass is 358 g/mol. The number of anilines is 1. The van der Waals surface area contributed by atoms with Gasteiger partial charge in [-0.05, 0) is 18.2 Å². The largest absolute Gasteiger partial charge is 0.465 e. The molecule has 0 radical (unpaired) electrons. The van der Waals surface area contributed by atoms with Crippen LogP contribution in [0.25, 0.3) is 11.0 Å². The second kappa shape index (κ2) is 6.28. The van der Waals surface area contributed by atoms with Gasteiger partial charge in [0.15, 0.2) is 0 Å². The van der Waals surface area contributed by atoms with Crippen LogP contribution in [0.4, 0.5) is 5.95 Å². The number of esters is 1. The molecular formula is C18H22N4O4. The zero-order chi connectivity index (χ0) is 18.4. The lowest BCUT2D eigenvalue weighted by molar-refractivity contribution is -0.130. The van der Waals surface area contributed by atoms with Crippen molar-refractivity contribution in [3.05, 3.63) is 23.8 Å². The summed E-state index contributed by atoms with van der Waals surface area (Å²) >= 11 is 0. The van der Waals surface area contributed by atoms with Crippen LogP contribution in [0.5, 0.6) is 0 Å². The van der Waals surface area contributed by atoms with E-state index in [1.165, 1.54) is 7.11 Å². The van der Waals surface area contributed by atoms with Crippen LogP contribution in [0.1, 0.15) is 16.8 Å². The summed E-state index contributed by atoms with van der Waals surface area (Å²) < 4.78 is 12.7. The van der Waals surface area contributed by atoms with Crippen LogP contribution in [0.2, 0.25) is 0 Å². The maximum atomic E-state index is 12.1. The molecule has 4 rings (SSSR count). The fraction of sp³-hybridized carbons (Fsp3) is 0.500. The second-order valence-electron chi connectivity index (χ2n) is 6.80. The van der Waals surface area contributed by atoms with Crippen LogP contribution in [0.15, 0.2) is 18.2 Å². The highest BCUT2D eigenvalue weighted by Gasteiger charge is 2.41. The van der Waals surface area contributed by atoms with E-state index in [4.69, 9.17) is 14.5 Å². The summed E-state index contributed by atoms with van der Waals surface area (Å²) in [5, 5.41) is 0. The number of aromatic nitrogens is 2. The molecule has 0 saturated carbocycles. The van der Waals surface area contributed by atoms with E-state index < -0.39 is 0 Å². The van der Waals surface area contributed by atoms with Crippen molar-refractivity contribution in [2.24, 2.45) is 7.05 Å². The molecule has 1 aromatic carbocycles. The van der Waals surface area contributed by atoms with Crippen molar-refractivity contribution in [2.75, 3.05) is 38.8 Å². The van der Waals surface area contributed by atoms with Crippen LogP contribution in [-0.4, -0.2) is 72.3 Å². The second-order valence-corrected chi connectivity index (χ2v) is 6.80. The highest BCUT2D eigenvalue weighted by Crippen LogP contribution is 2.29. The zero-order valence-corrected chi connectivity index (χ0v) is 15.1. The van der Waals surface area contributed by atoms with E-state index in [9.17, 15) is 9.59 Å². The lowest BCUT2D eigenvalue weighted by Crippen LogP contribution is -2.42. The van der Waals surface area contributed by atoms with Gasteiger partial charge in [-0.2, -0.15) is 0 Å². The Labute approximate surface area is 151 Å². The van der Waals surface area contributed by atoms with Crippen LogP contribution in [-0.2, 0) is 21.3 Å². The third-order valence-corrected chi connectivity index (χ3v) is 5.34. The molecule has 0 N–H and O–H groups in total. The summed E-state index contributed by atoms with van der Waals surface area (Å²) in [5.74, 6) is 0.544. The number of fused-ring (bicyclic) bond motifs is 2. The summed E-state index contributed by atoms with van der Waals surface area (Å²) in [6.45, 7) is 1.82. The molecule has 138 valence electrons. The lowest BCUT2D eigenvalue weighted by atomic mass is 10.2. The van der Waals surface area contributed by atoms with Gasteiger partial charge in [-0.1, -0.05) is 0 Å². The molecule has 1 aromatic heterocycles. The van der Waals surface area contributed by atoms with Gasteiger partial charge in [0.2, 0.25) is 11.9 Å². The molecule has 2 aliphatic rings. The Bertz CT molecular complexity index is 877. The number of aryl methyl sites for hydroxylation is 1. The molecular weight excluding hydrogens is 336 g/mol. The third kappa shape index (κ3) is 2.61. The van der Waals surface area contributed by atoms with Crippen molar-refractivity contribution in [2.45, 2.75) is 18.6 Å². The number of likely N-dealkylation sites (N-methyl/N-ethyl adjacent to an activating group) is 1. The molecule has 2 saturated heterocycles. The van der Waals surface area contributed by atoms with E-state index in [1.807, 2.05) is 24.7 Å². The van der Waals surface area contributed by atoms with E-state index >= 15 is 0 Å². The standard InChI is InChI=1S/C18H22N4O4/c1-20-14-9-22(10-15(14)26-7-6-16(20)23)18-19-12-8-11(17(24)25-3)4-5-13(12)21(18)2/h4-5,8,14-15H,6-7,9-10H2,1-3H3/t14-,15-/m0/s1. The molecule has 26 heavy (non-hydrogen) atoms. The smallest absolute Gasteiger partial charge is 0.337 e. The molecule has 0 spiro atoms. The summed E-state index contributed by atoms with van der Waals surface area (Å²) in [4.78, 5) is 32.5. The third-order valence-electron chi connectivity index (χ3n) is 5.34. The van der Waals surface area contributed by atoms with Crippen LogP contribution < -0.4 is 4.90 Å². The van der Waals surface area contributed by atoms with E-state index in [0.29, 0.717) is 31.7 Å². The first-order chi connectivity index (χ1) is 12.5. The molecule has 2 atom stereocenters. The first-order valence-corrected chi connectivity index (χ1v) is 8.66. The number of methoxy groups -OCH3 is 1. The Hall–Kier alpha value is -2.61. The predicted molar refractivity (Wildman–Crippen MR) is 95.2 cm³/mol. The SMILES string of the molecule is COC(=O)c1ccc2c(c1)nc(N1C[C@@H]3OCCC(=O)N(C)[C@H]3C1)n2C. The number of rotatable bonds is 2. The van der Waals surface area contributed by atoms with Crippen molar-refractivity contribution < 1.29 is 19.1 Å². The number of hydrogen-bond donors (Lipinski definition) is 0. The number of hydrogen-bond acceptors (Lipinski definition) is 6. The van der Waals surface area contributed by atoms with Gasteiger partial charge >= 0.3 is 5.97 Å². The first-order valence-electron chi connectivity index (χ1n) is 8.66. The van der Waals surface area contributed by atoms with Gasteiger partial charge in [-0.25, -0.2) is 9.78 Å². The molecule has 2 aliphatic heterocycles. The highest BCUT2D eigenvalue weighted by molar-refractivity contribution is 5.94. The van der Waals surface area contributed by atoms with E-state index in [-0.39, 0.29) is 24.0 Å². The summed E-state index contributed by atoms with van der Waals surface area (Å²) in [6, 6.07) is 5.38. The molecule has 0 unspecified atom stereocenters. The number of imidazole rings is 1. The molecule has 2 aromatic rings. The summed E-state index contributed by atoms with van der Waals surface area (Å²) in [6.07, 6.45) is 0.420. The fourth-order valence-electron chi connectivity index (χ4n) is 3.83. The number of amides is 1. The van der Waals surface area contributed by atoms with Crippen molar-refractivity contribution >= 4 is 28.9 Å². The number of nitrogens with zero attached hydrogens (tertiary/aromatic N) is 4. The topological polar surface area (TPSA) is 76.9 Å². The minimum atomic E-state index is -0.379. The Kier molecular flexibility index (Phi) is 4.07. The molecule has 0 bridgehead atoms. The number of carbonyl (C=O) groups excluding carboxylic acids is 2. The molecule has 2 fully saturated rings. The normalized spacial score (nSPS) is 23.3. The van der Waals surface area contributed by atoms with Gasteiger partial charge in [0.25, 0.3) is 0 Å². The van der Waals surface area contributed by atoms with E-state index in [0.717, 1.165) is 17.0 Å². The zero-order valence-electron chi connectivity index (χ0n) is 15.1. The van der Waals surface area contributed by atoms with Crippen molar-refractivity contribution in [3.8, 4) is 0 Å². The van der Waals surface area contributed by atoms with Crippen LogP contribution in [0, 0.1) is 0 Å². The Balaban J connectivity index is 1.66. The summed E-state index contributed by atoms with van der Waals surface area (Å²) in [7, 11) is 5.16. The fourth-order valence-corrected chi connectivity index (χ4v) is 3.83. The van der Waals surface area contributed by atoms with Gasteiger partial charge in [-0.3, -0.25) is 4.79 Å². The molecule has 8 heteroatoms. The Morgan fingerprint density at radius 1 is 1.31 bits per heavy atom. The van der Waals surface area contributed by atoms with Crippen LogP contribution >= 0.6 is 0 Å². The van der Waals surface area contributed by atoms with Crippen LogP contribution in [0.3, 0.4) is 0 Å². The van der Waals surface area contributed by atoms with Crippen molar-refractivity contribution in [3.63, 3.8) is 0 Å². The first kappa shape index (κ1) is 16.8. The van der Waals surface area contributed by atoms with Gasteiger partial charge < -0.3 is 23.8 Å². The number of ether oxygens (including phenoxy) is 2. The Morgan fingerprint density at radius 3 is 2.88 bits per heavy atom. The average molecular weight is 358 g/mol. The molecule has 8 nitrogen and oxygen atoms in total. The minimum Gasteiger partial charge on any atom is -0.465 e. The van der Waals surface area contributed by atoms with Gasteiger partial charge in [0, 0.05) is 27.2 Å². The highest BCUT2D eigenvalue weighted by atomic mass is 16.5. The lowest BCUT2D eigenvalue weighted by Gasteiger charge is -2.25. The summed E-state index contributed by atoms with van der Waals surface area (Å²) in [5.41, 5.74) is 2.15. The number of benzene rings is 1.